The summed E-state index contributed by atoms with van der Waals surface area (Å²) in [5, 5.41) is 0. The van der Waals surface area contributed by atoms with Crippen molar-refractivity contribution in [1.82, 2.24) is 0 Å². The third-order valence-electron chi connectivity index (χ3n) is 2.59. The maximum Gasteiger partial charge on any atom is 0.241 e. The molecule has 0 unspecified atom stereocenters. The quantitative estimate of drug-likeness (QED) is 0.558. The van der Waals surface area contributed by atoms with Gasteiger partial charge in [-0.05, 0) is 43.8 Å². The maximum atomic E-state index is 5.85. The van der Waals surface area contributed by atoms with Gasteiger partial charge in [0.05, 0.1) is 20.0 Å². The number of hydrogen-bond acceptors (Lipinski definition) is 3. The van der Waals surface area contributed by atoms with Crippen LogP contribution in [-0.2, 0) is 10.8 Å². The van der Waals surface area contributed by atoms with Crippen molar-refractivity contribution in [1.29, 1.82) is 0 Å². The minimum Gasteiger partial charge on any atom is -0.548 e. The van der Waals surface area contributed by atoms with Crippen molar-refractivity contribution in [3.8, 4) is 11.5 Å². The van der Waals surface area contributed by atoms with Gasteiger partial charge in [-0.25, -0.2) is 0 Å². The SMILES string of the molecule is C=C(CCc1ccc(OC)c(OC)c1)O[Si](C)(C)C. The zero-order valence-corrected chi connectivity index (χ0v) is 13.6. The molecule has 0 aromatic heterocycles. The van der Waals surface area contributed by atoms with E-state index in [9.17, 15) is 0 Å². The van der Waals surface area contributed by atoms with Crippen LogP contribution >= 0.6 is 0 Å². The second kappa shape index (κ2) is 6.66. The van der Waals surface area contributed by atoms with Gasteiger partial charge < -0.3 is 13.9 Å². The van der Waals surface area contributed by atoms with Crippen LogP contribution in [0.2, 0.25) is 19.6 Å². The Balaban J connectivity index is 2.61. The lowest BCUT2D eigenvalue weighted by Crippen LogP contribution is -2.24. The van der Waals surface area contributed by atoms with Crippen LogP contribution in [0.1, 0.15) is 12.0 Å². The van der Waals surface area contributed by atoms with E-state index in [-0.39, 0.29) is 0 Å². The van der Waals surface area contributed by atoms with Crippen LogP contribution in [0.5, 0.6) is 11.5 Å². The molecule has 3 nitrogen and oxygen atoms in total. The number of aryl methyl sites for hydroxylation is 1. The molecule has 0 spiro atoms. The first-order valence-corrected chi connectivity index (χ1v) is 9.84. The van der Waals surface area contributed by atoms with Gasteiger partial charge in [0.1, 0.15) is 0 Å². The lowest BCUT2D eigenvalue weighted by molar-refractivity contribution is 0.354. The number of rotatable bonds is 7. The molecule has 0 N–H and O–H groups in total. The molecule has 1 rings (SSSR count). The molecular weight excluding hydrogens is 256 g/mol. The summed E-state index contributed by atoms with van der Waals surface area (Å²) in [6, 6.07) is 5.97. The molecule has 0 aliphatic carbocycles. The third kappa shape index (κ3) is 5.38. The van der Waals surface area contributed by atoms with Gasteiger partial charge in [0.2, 0.25) is 8.32 Å². The van der Waals surface area contributed by atoms with E-state index in [1.807, 2.05) is 18.2 Å². The second-order valence-corrected chi connectivity index (χ2v) is 9.87. The van der Waals surface area contributed by atoms with Crippen LogP contribution in [0.15, 0.2) is 30.5 Å². The van der Waals surface area contributed by atoms with Crippen molar-refractivity contribution < 1.29 is 13.9 Å². The summed E-state index contributed by atoms with van der Waals surface area (Å²) in [7, 11) is 1.75. The normalized spacial score (nSPS) is 11.0. The van der Waals surface area contributed by atoms with Crippen LogP contribution in [0.3, 0.4) is 0 Å². The first-order chi connectivity index (χ1) is 8.85. The average Bonchev–Trinajstić information content (AvgIpc) is 2.33. The minimum absolute atomic E-state index is 0.753. The third-order valence-corrected chi connectivity index (χ3v) is 3.49. The molecule has 0 saturated heterocycles. The van der Waals surface area contributed by atoms with E-state index in [4.69, 9.17) is 13.9 Å². The summed E-state index contributed by atoms with van der Waals surface area (Å²) < 4.78 is 16.4. The van der Waals surface area contributed by atoms with E-state index in [1.165, 1.54) is 5.56 Å². The van der Waals surface area contributed by atoms with E-state index < -0.39 is 8.32 Å². The molecule has 0 aliphatic rings. The summed E-state index contributed by atoms with van der Waals surface area (Å²) in [4.78, 5) is 0. The zero-order chi connectivity index (χ0) is 14.5. The van der Waals surface area contributed by atoms with Crippen LogP contribution in [0.25, 0.3) is 0 Å². The van der Waals surface area contributed by atoms with E-state index >= 15 is 0 Å². The molecule has 106 valence electrons. The summed E-state index contributed by atoms with van der Waals surface area (Å²) in [6.07, 6.45) is 1.73. The molecule has 0 atom stereocenters. The van der Waals surface area contributed by atoms with Gasteiger partial charge in [0, 0.05) is 6.42 Å². The molecule has 19 heavy (non-hydrogen) atoms. The van der Waals surface area contributed by atoms with Crippen molar-refractivity contribution in [3.63, 3.8) is 0 Å². The molecule has 1 aromatic rings. The van der Waals surface area contributed by atoms with Gasteiger partial charge in [0.25, 0.3) is 0 Å². The predicted octanol–water partition coefficient (Wildman–Crippen LogP) is 4.00. The first-order valence-electron chi connectivity index (χ1n) is 6.43. The monoisotopic (exact) mass is 280 g/mol. The molecule has 4 heteroatoms. The largest absolute Gasteiger partial charge is 0.548 e. The molecular formula is C15H24O3Si. The smallest absolute Gasteiger partial charge is 0.241 e. The summed E-state index contributed by atoms with van der Waals surface area (Å²) in [6.45, 7) is 10.5. The second-order valence-electron chi connectivity index (χ2n) is 5.44. The fourth-order valence-electron chi connectivity index (χ4n) is 1.80. The molecule has 0 radical (unpaired) electrons. The highest BCUT2D eigenvalue weighted by molar-refractivity contribution is 6.70. The summed E-state index contributed by atoms with van der Waals surface area (Å²) in [5.74, 6) is 2.38. The first kappa shape index (κ1) is 15.6. The van der Waals surface area contributed by atoms with Crippen molar-refractivity contribution in [2.24, 2.45) is 0 Å². The lowest BCUT2D eigenvalue weighted by Gasteiger charge is -2.21. The minimum atomic E-state index is -1.54. The maximum absolute atomic E-state index is 5.85. The topological polar surface area (TPSA) is 27.7 Å². The van der Waals surface area contributed by atoms with Gasteiger partial charge >= 0.3 is 0 Å². The Morgan fingerprint density at radius 3 is 2.26 bits per heavy atom. The summed E-state index contributed by atoms with van der Waals surface area (Å²) in [5.41, 5.74) is 1.19. The van der Waals surface area contributed by atoms with Crippen LogP contribution in [0, 0.1) is 0 Å². The molecule has 0 bridgehead atoms. The van der Waals surface area contributed by atoms with Crippen molar-refractivity contribution >= 4 is 8.32 Å². The van der Waals surface area contributed by atoms with E-state index in [0.717, 1.165) is 30.1 Å². The van der Waals surface area contributed by atoms with E-state index in [1.54, 1.807) is 14.2 Å². The molecule has 0 heterocycles. The predicted molar refractivity (Wildman–Crippen MR) is 81.4 cm³/mol. The van der Waals surface area contributed by atoms with E-state index in [0.29, 0.717) is 0 Å². The van der Waals surface area contributed by atoms with Crippen molar-refractivity contribution in [3.05, 3.63) is 36.1 Å². The molecule has 1 aromatic carbocycles. The molecule has 0 aliphatic heterocycles. The fraction of sp³-hybridized carbons (Fsp3) is 0.467. The highest BCUT2D eigenvalue weighted by Gasteiger charge is 2.16. The van der Waals surface area contributed by atoms with Gasteiger partial charge in [0.15, 0.2) is 11.5 Å². The Morgan fingerprint density at radius 1 is 1.11 bits per heavy atom. The number of allylic oxidation sites excluding steroid dienone is 1. The molecule has 0 saturated carbocycles. The number of methoxy groups -OCH3 is 2. The highest BCUT2D eigenvalue weighted by atomic mass is 28.4. The number of hydrogen-bond donors (Lipinski definition) is 0. The average molecular weight is 280 g/mol. The van der Waals surface area contributed by atoms with Gasteiger partial charge in [-0.1, -0.05) is 12.6 Å². The van der Waals surface area contributed by atoms with Crippen molar-refractivity contribution in [2.45, 2.75) is 32.5 Å². The van der Waals surface area contributed by atoms with Gasteiger partial charge in [-0.2, -0.15) is 0 Å². The Hall–Kier alpha value is -1.42. The summed E-state index contributed by atoms with van der Waals surface area (Å²) >= 11 is 0. The number of ether oxygens (including phenoxy) is 2. The van der Waals surface area contributed by atoms with Gasteiger partial charge in [-0.3, -0.25) is 0 Å². The lowest BCUT2D eigenvalue weighted by atomic mass is 10.1. The van der Waals surface area contributed by atoms with Crippen LogP contribution in [0.4, 0.5) is 0 Å². The Labute approximate surface area is 117 Å². The molecule has 0 amide bonds. The fourth-order valence-corrected chi connectivity index (χ4v) is 2.77. The number of benzene rings is 1. The van der Waals surface area contributed by atoms with Crippen LogP contribution in [-0.4, -0.2) is 22.5 Å². The Morgan fingerprint density at radius 2 is 1.74 bits per heavy atom. The Bertz CT molecular complexity index is 436. The van der Waals surface area contributed by atoms with Crippen LogP contribution < -0.4 is 9.47 Å². The highest BCUT2D eigenvalue weighted by Crippen LogP contribution is 2.28. The van der Waals surface area contributed by atoms with E-state index in [2.05, 4.69) is 26.2 Å². The Kier molecular flexibility index (Phi) is 5.48. The molecule has 0 fully saturated rings. The van der Waals surface area contributed by atoms with Crippen molar-refractivity contribution in [2.75, 3.05) is 14.2 Å². The van der Waals surface area contributed by atoms with Gasteiger partial charge in [-0.15, -0.1) is 0 Å². The zero-order valence-electron chi connectivity index (χ0n) is 12.6. The standard InChI is InChI=1S/C15H24O3Si/c1-12(18-19(4,5)6)7-8-13-9-10-14(16-2)15(11-13)17-3/h9-11H,1,7-8H2,2-6H3.